The van der Waals surface area contributed by atoms with E-state index in [9.17, 15) is 14.7 Å². The van der Waals surface area contributed by atoms with E-state index in [0.717, 1.165) is 17.6 Å². The van der Waals surface area contributed by atoms with Crippen molar-refractivity contribution in [2.24, 2.45) is 23.7 Å². The number of hydrogen-bond acceptors (Lipinski definition) is 6. The van der Waals surface area contributed by atoms with Gasteiger partial charge < -0.3 is 9.84 Å². The number of phenols is 1. The van der Waals surface area contributed by atoms with E-state index < -0.39 is 35.0 Å². The minimum atomic E-state index is -1.44. The van der Waals surface area contributed by atoms with Crippen LogP contribution in [0, 0.1) is 23.7 Å². The first kappa shape index (κ1) is 32.6. The van der Waals surface area contributed by atoms with E-state index >= 15 is 9.59 Å². The number of imide groups is 1. The SMILES string of the molecule is CCOc1cccc([C@H]2C3=CC[C@@H]4C(=O)N(c5ccc(CC)cc5)C(=O)[C@@H]4[C@@H]3C[C@H]3C(=O)C(c4ccccc4)=CC(=O)[C@@]23c2ccccc2)c1O. The smallest absolute Gasteiger partial charge is 0.238 e. The number of benzene rings is 4. The van der Waals surface area contributed by atoms with E-state index in [1.54, 1.807) is 18.2 Å². The molecule has 51 heavy (non-hydrogen) atoms. The summed E-state index contributed by atoms with van der Waals surface area (Å²) in [7, 11) is 0. The summed E-state index contributed by atoms with van der Waals surface area (Å²) in [6, 6.07) is 31.3. The summed E-state index contributed by atoms with van der Waals surface area (Å²) >= 11 is 0. The Kier molecular flexibility index (Phi) is 8.09. The van der Waals surface area contributed by atoms with Crippen LogP contribution in [0.4, 0.5) is 5.69 Å². The average Bonchev–Trinajstić information content (AvgIpc) is 3.42. The lowest BCUT2D eigenvalue weighted by Gasteiger charge is -2.55. The van der Waals surface area contributed by atoms with Gasteiger partial charge >= 0.3 is 0 Å². The predicted molar refractivity (Wildman–Crippen MR) is 194 cm³/mol. The molecule has 1 saturated carbocycles. The topological polar surface area (TPSA) is 101 Å². The number of aromatic hydroxyl groups is 1. The average molecular weight is 678 g/mol. The Morgan fingerprint density at radius 1 is 0.804 bits per heavy atom. The fourth-order valence-electron chi connectivity index (χ4n) is 9.40. The number of Topliss-reactive ketones (excluding diaryl/α,β-unsaturated/α-hetero) is 1. The summed E-state index contributed by atoms with van der Waals surface area (Å²) in [6.45, 7) is 4.20. The van der Waals surface area contributed by atoms with Crippen molar-refractivity contribution in [3.8, 4) is 11.5 Å². The normalized spacial score (nSPS) is 26.9. The van der Waals surface area contributed by atoms with Crippen LogP contribution in [-0.2, 0) is 31.0 Å². The number of amides is 2. The summed E-state index contributed by atoms with van der Waals surface area (Å²) < 4.78 is 5.84. The van der Waals surface area contributed by atoms with Gasteiger partial charge in [-0.25, -0.2) is 0 Å². The first-order valence-electron chi connectivity index (χ1n) is 17.8. The second kappa shape index (κ2) is 12.6. The molecule has 4 aromatic rings. The van der Waals surface area contributed by atoms with Crippen molar-refractivity contribution in [1.29, 1.82) is 0 Å². The van der Waals surface area contributed by atoms with Crippen molar-refractivity contribution in [1.82, 2.24) is 0 Å². The first-order chi connectivity index (χ1) is 24.8. The molecule has 0 spiro atoms. The van der Waals surface area contributed by atoms with E-state index in [2.05, 4.69) is 6.92 Å². The van der Waals surface area contributed by atoms with Crippen LogP contribution >= 0.6 is 0 Å². The van der Waals surface area contributed by atoms with E-state index in [4.69, 9.17) is 4.74 Å². The summed E-state index contributed by atoms with van der Waals surface area (Å²) in [5.41, 5.74) is 3.08. The maximum atomic E-state index is 15.2. The van der Waals surface area contributed by atoms with Crippen LogP contribution in [0.15, 0.2) is 121 Å². The second-order valence-electron chi connectivity index (χ2n) is 13.9. The fourth-order valence-corrected chi connectivity index (χ4v) is 9.40. The molecule has 7 heteroatoms. The number of fused-ring (bicyclic) bond motifs is 4. The molecule has 256 valence electrons. The van der Waals surface area contributed by atoms with Crippen LogP contribution in [0.3, 0.4) is 0 Å². The number of carbonyl (C=O) groups excluding carboxylic acids is 4. The molecule has 2 fully saturated rings. The lowest BCUT2D eigenvalue weighted by atomic mass is 9.44. The zero-order chi connectivity index (χ0) is 35.4. The van der Waals surface area contributed by atoms with Crippen LogP contribution in [0.2, 0.25) is 0 Å². The number of ether oxygens (including phenoxy) is 1. The van der Waals surface area contributed by atoms with Gasteiger partial charge in [-0.2, -0.15) is 0 Å². The maximum absolute atomic E-state index is 15.2. The molecule has 1 aliphatic heterocycles. The Morgan fingerprint density at radius 2 is 1.51 bits per heavy atom. The largest absolute Gasteiger partial charge is 0.504 e. The molecule has 0 radical (unpaired) electrons. The summed E-state index contributed by atoms with van der Waals surface area (Å²) in [6.07, 6.45) is 4.82. The van der Waals surface area contributed by atoms with Gasteiger partial charge in [0.25, 0.3) is 0 Å². The number of ketones is 2. The number of anilines is 1. The Hall–Kier alpha value is -5.56. The van der Waals surface area contributed by atoms with Gasteiger partial charge in [0.15, 0.2) is 23.1 Å². The van der Waals surface area contributed by atoms with Gasteiger partial charge in [-0.15, -0.1) is 0 Å². The molecule has 4 aliphatic rings. The highest BCUT2D eigenvalue weighted by Crippen LogP contribution is 2.65. The molecule has 3 aliphatic carbocycles. The van der Waals surface area contributed by atoms with Gasteiger partial charge in [-0.3, -0.25) is 24.1 Å². The molecule has 4 aromatic carbocycles. The van der Waals surface area contributed by atoms with Crippen molar-refractivity contribution in [3.05, 3.63) is 143 Å². The van der Waals surface area contributed by atoms with Gasteiger partial charge in [0.05, 0.1) is 29.5 Å². The van der Waals surface area contributed by atoms with Crippen molar-refractivity contribution < 1.29 is 29.0 Å². The molecule has 2 amide bonds. The Bertz CT molecular complexity index is 2120. The van der Waals surface area contributed by atoms with Crippen LogP contribution in [0.25, 0.3) is 5.57 Å². The van der Waals surface area contributed by atoms with E-state index in [0.29, 0.717) is 41.0 Å². The second-order valence-corrected chi connectivity index (χ2v) is 13.9. The van der Waals surface area contributed by atoms with Crippen LogP contribution in [0.5, 0.6) is 11.5 Å². The standard InChI is InChI=1S/C44H39NO6/c1-3-26-18-20-29(21-19-26)45-42(49)31-23-22-30-34(38(31)43(45)50)24-35-40(47)33(27-12-7-5-8-13-27)25-37(46)44(35,28-14-9-6-10-15-28)39(30)32-16-11-17-36(41(32)48)51-4-2/h5-22,25,31,34-35,38-39,48H,3-4,23-24H2,1-2H3/t31-,34+,35-,38-,39+,44-/m0/s1. The molecule has 7 nitrogen and oxygen atoms in total. The van der Waals surface area contributed by atoms with E-state index in [-0.39, 0.29) is 41.3 Å². The minimum absolute atomic E-state index is 0.105. The predicted octanol–water partition coefficient (Wildman–Crippen LogP) is 7.38. The van der Waals surface area contributed by atoms with Gasteiger partial charge in [0.2, 0.25) is 11.8 Å². The quantitative estimate of drug-likeness (QED) is 0.162. The van der Waals surface area contributed by atoms with Crippen LogP contribution < -0.4 is 9.64 Å². The molecule has 1 heterocycles. The minimum Gasteiger partial charge on any atom is -0.504 e. The highest BCUT2D eigenvalue weighted by molar-refractivity contribution is 6.32. The van der Waals surface area contributed by atoms with Crippen molar-refractivity contribution >= 4 is 34.6 Å². The molecular formula is C44H39NO6. The van der Waals surface area contributed by atoms with Crippen molar-refractivity contribution in [3.63, 3.8) is 0 Å². The number of hydrogen-bond donors (Lipinski definition) is 1. The van der Waals surface area contributed by atoms with Gasteiger partial charge in [0.1, 0.15) is 0 Å². The highest BCUT2D eigenvalue weighted by atomic mass is 16.5. The Labute approximate surface area is 297 Å². The molecule has 0 unspecified atom stereocenters. The van der Waals surface area contributed by atoms with Gasteiger partial charge in [-0.1, -0.05) is 104 Å². The number of para-hydroxylation sites is 1. The molecule has 1 N–H and O–H groups in total. The molecule has 6 atom stereocenters. The first-order valence-corrected chi connectivity index (χ1v) is 17.8. The lowest BCUT2D eigenvalue weighted by molar-refractivity contribution is -0.135. The Morgan fingerprint density at radius 3 is 2.20 bits per heavy atom. The van der Waals surface area contributed by atoms with Crippen LogP contribution in [-0.4, -0.2) is 35.1 Å². The van der Waals surface area contributed by atoms with Crippen LogP contribution in [0.1, 0.15) is 54.9 Å². The number of phenolic OH excluding ortho intramolecular Hbond substituents is 1. The van der Waals surface area contributed by atoms with Gasteiger partial charge in [0, 0.05) is 23.0 Å². The zero-order valence-corrected chi connectivity index (χ0v) is 28.6. The fraction of sp³-hybridized carbons (Fsp3) is 0.273. The third-order valence-electron chi connectivity index (χ3n) is 11.6. The molecule has 0 bridgehead atoms. The zero-order valence-electron chi connectivity index (χ0n) is 28.6. The number of nitrogens with zero attached hydrogens (tertiary/aromatic N) is 1. The number of carbonyl (C=O) groups is 4. The van der Waals surface area contributed by atoms with Crippen molar-refractivity contribution in [2.75, 3.05) is 11.5 Å². The maximum Gasteiger partial charge on any atom is 0.238 e. The highest BCUT2D eigenvalue weighted by Gasteiger charge is 2.66. The van der Waals surface area contributed by atoms with E-state index in [1.165, 1.54) is 11.0 Å². The summed E-state index contributed by atoms with van der Waals surface area (Å²) in [5.74, 6) is -4.40. The number of aryl methyl sites for hydroxylation is 1. The third-order valence-corrected chi connectivity index (χ3v) is 11.6. The lowest BCUT2D eigenvalue weighted by Crippen LogP contribution is -2.58. The monoisotopic (exact) mass is 677 g/mol. The third kappa shape index (κ3) is 4.85. The molecular weight excluding hydrogens is 638 g/mol. The Balaban J connectivity index is 1.36. The summed E-state index contributed by atoms with van der Waals surface area (Å²) in [4.78, 5) is 60.3. The number of rotatable bonds is 7. The van der Waals surface area contributed by atoms with Gasteiger partial charge in [-0.05, 0) is 73.1 Å². The van der Waals surface area contributed by atoms with E-state index in [1.807, 2.05) is 97.9 Å². The molecule has 1 saturated heterocycles. The summed E-state index contributed by atoms with van der Waals surface area (Å²) in [5, 5.41) is 11.9. The molecule has 0 aromatic heterocycles. The molecule has 8 rings (SSSR count). The number of allylic oxidation sites excluding steroid dienone is 4. The van der Waals surface area contributed by atoms with Crippen molar-refractivity contribution in [2.45, 2.75) is 44.4 Å².